The van der Waals surface area contributed by atoms with Crippen molar-refractivity contribution in [3.63, 3.8) is 0 Å². The molecule has 0 radical (unpaired) electrons. The van der Waals surface area contributed by atoms with E-state index < -0.39 is 0 Å². The van der Waals surface area contributed by atoms with Crippen LogP contribution in [0.3, 0.4) is 0 Å². The Hall–Kier alpha value is -1.35. The Morgan fingerprint density at radius 2 is 2.10 bits per heavy atom. The van der Waals surface area contributed by atoms with E-state index in [-0.39, 0.29) is 5.41 Å². The maximum absolute atomic E-state index is 12.8. The van der Waals surface area contributed by atoms with Crippen LogP contribution in [0, 0.1) is 5.41 Å². The Morgan fingerprint density at radius 1 is 1.33 bits per heavy atom. The molecule has 1 N–H and O–H groups in total. The summed E-state index contributed by atoms with van der Waals surface area (Å²) in [6.45, 7) is 4.84. The predicted octanol–water partition coefficient (Wildman–Crippen LogP) is 2.86. The highest BCUT2D eigenvalue weighted by Gasteiger charge is 2.41. The van der Waals surface area contributed by atoms with Crippen molar-refractivity contribution in [3.05, 3.63) is 35.9 Å². The summed E-state index contributed by atoms with van der Waals surface area (Å²) < 4.78 is 0. The van der Waals surface area contributed by atoms with Crippen LogP contribution < -0.4 is 5.32 Å². The van der Waals surface area contributed by atoms with Gasteiger partial charge in [0, 0.05) is 20.1 Å². The molecule has 1 aromatic rings. The van der Waals surface area contributed by atoms with Gasteiger partial charge in [-0.25, -0.2) is 0 Å². The highest BCUT2D eigenvalue weighted by Crippen LogP contribution is 2.33. The van der Waals surface area contributed by atoms with Gasteiger partial charge in [-0.1, -0.05) is 43.7 Å². The lowest BCUT2D eigenvalue weighted by atomic mass is 9.81. The van der Waals surface area contributed by atoms with E-state index >= 15 is 0 Å². The average Bonchev–Trinajstić information content (AvgIpc) is 2.97. The lowest BCUT2D eigenvalue weighted by Gasteiger charge is -2.31. The smallest absolute Gasteiger partial charge is 0.229 e. The summed E-state index contributed by atoms with van der Waals surface area (Å²) in [5, 5.41) is 3.37. The molecule has 1 aliphatic rings. The van der Waals surface area contributed by atoms with Gasteiger partial charge in [-0.2, -0.15) is 0 Å². The molecule has 0 aromatic heterocycles. The van der Waals surface area contributed by atoms with Crippen LogP contribution in [0.2, 0.25) is 0 Å². The maximum Gasteiger partial charge on any atom is 0.229 e. The van der Waals surface area contributed by atoms with Crippen LogP contribution in [0.25, 0.3) is 0 Å². The van der Waals surface area contributed by atoms with Gasteiger partial charge in [-0.15, -0.1) is 0 Å². The van der Waals surface area contributed by atoms with Gasteiger partial charge in [0.1, 0.15) is 0 Å². The fraction of sp³-hybridized carbons (Fsp3) is 0.611. The van der Waals surface area contributed by atoms with E-state index in [1.165, 1.54) is 5.56 Å². The molecule has 1 fully saturated rings. The molecule has 3 nitrogen and oxygen atoms in total. The van der Waals surface area contributed by atoms with Crippen molar-refractivity contribution in [2.24, 2.45) is 5.41 Å². The van der Waals surface area contributed by atoms with E-state index in [0.29, 0.717) is 5.91 Å². The number of carbonyl (C=O) groups is 1. The van der Waals surface area contributed by atoms with Crippen molar-refractivity contribution in [1.29, 1.82) is 0 Å². The summed E-state index contributed by atoms with van der Waals surface area (Å²) in [5.41, 5.74) is 1.21. The van der Waals surface area contributed by atoms with Gasteiger partial charge < -0.3 is 10.2 Å². The summed E-state index contributed by atoms with van der Waals surface area (Å²) in [6.07, 6.45) is 5.13. The van der Waals surface area contributed by atoms with Crippen LogP contribution in [0.5, 0.6) is 0 Å². The standard InChI is InChI=1S/C18H28N2O/c1-3-11-18(12-13-19-15-18)17(21)20(2)14-7-10-16-8-5-4-6-9-16/h4-6,8-9,19H,3,7,10-15H2,1-2H3. The van der Waals surface area contributed by atoms with Crippen LogP contribution in [0.15, 0.2) is 30.3 Å². The van der Waals surface area contributed by atoms with Crippen LogP contribution in [-0.4, -0.2) is 37.5 Å². The molecule has 1 amide bonds. The average molecular weight is 288 g/mol. The van der Waals surface area contributed by atoms with E-state index in [9.17, 15) is 4.79 Å². The number of nitrogens with one attached hydrogen (secondary N) is 1. The molecule has 1 unspecified atom stereocenters. The van der Waals surface area contributed by atoms with Crippen molar-refractivity contribution in [1.82, 2.24) is 10.2 Å². The molecule has 116 valence electrons. The number of hydrogen-bond acceptors (Lipinski definition) is 2. The number of amides is 1. The zero-order valence-corrected chi connectivity index (χ0v) is 13.4. The molecular formula is C18H28N2O. The van der Waals surface area contributed by atoms with Gasteiger partial charge >= 0.3 is 0 Å². The molecule has 1 aliphatic heterocycles. The number of rotatable bonds is 7. The molecule has 0 aliphatic carbocycles. The molecule has 21 heavy (non-hydrogen) atoms. The summed E-state index contributed by atoms with van der Waals surface area (Å²) in [6, 6.07) is 10.5. The predicted molar refractivity (Wildman–Crippen MR) is 87.2 cm³/mol. The molecule has 1 aromatic carbocycles. The first kappa shape index (κ1) is 16.0. The van der Waals surface area contributed by atoms with Gasteiger partial charge in [0.05, 0.1) is 5.41 Å². The second kappa shape index (κ2) is 7.60. The SMILES string of the molecule is CCCC1(C(=O)N(C)CCCc2ccccc2)CCNC1. The zero-order chi connectivity index (χ0) is 15.1. The monoisotopic (exact) mass is 288 g/mol. The number of hydrogen-bond donors (Lipinski definition) is 1. The summed E-state index contributed by atoms with van der Waals surface area (Å²) in [7, 11) is 1.96. The third-order valence-corrected chi connectivity index (χ3v) is 4.57. The largest absolute Gasteiger partial charge is 0.345 e. The molecule has 0 saturated carbocycles. The first-order valence-corrected chi connectivity index (χ1v) is 8.18. The van der Waals surface area contributed by atoms with Crippen LogP contribution >= 0.6 is 0 Å². The Kier molecular flexibility index (Phi) is 5.80. The minimum absolute atomic E-state index is 0.143. The fourth-order valence-corrected chi connectivity index (χ4v) is 3.40. The summed E-state index contributed by atoms with van der Waals surface area (Å²) in [5.74, 6) is 0.336. The van der Waals surface area contributed by atoms with Gasteiger partial charge in [-0.3, -0.25) is 4.79 Å². The highest BCUT2D eigenvalue weighted by atomic mass is 16.2. The molecular weight excluding hydrogens is 260 g/mol. The second-order valence-electron chi connectivity index (χ2n) is 6.27. The normalized spacial score (nSPS) is 21.4. The van der Waals surface area contributed by atoms with Gasteiger partial charge in [0.2, 0.25) is 5.91 Å². The number of carbonyl (C=O) groups excluding carboxylic acids is 1. The third kappa shape index (κ3) is 4.07. The summed E-state index contributed by atoms with van der Waals surface area (Å²) in [4.78, 5) is 14.7. The lowest BCUT2D eigenvalue weighted by molar-refractivity contribution is -0.140. The molecule has 1 heterocycles. The molecule has 2 rings (SSSR count). The van der Waals surface area contributed by atoms with E-state index in [4.69, 9.17) is 0 Å². The van der Waals surface area contributed by atoms with Crippen molar-refractivity contribution < 1.29 is 4.79 Å². The summed E-state index contributed by atoms with van der Waals surface area (Å²) >= 11 is 0. The fourth-order valence-electron chi connectivity index (χ4n) is 3.40. The molecule has 1 saturated heterocycles. The van der Waals surface area contributed by atoms with Gasteiger partial charge in [0.25, 0.3) is 0 Å². The first-order chi connectivity index (χ1) is 10.2. The highest BCUT2D eigenvalue weighted by molar-refractivity contribution is 5.83. The van der Waals surface area contributed by atoms with Crippen molar-refractivity contribution in [2.45, 2.75) is 39.0 Å². The molecule has 3 heteroatoms. The van der Waals surface area contributed by atoms with Crippen LogP contribution in [0.1, 0.15) is 38.2 Å². The quantitative estimate of drug-likeness (QED) is 0.837. The minimum Gasteiger partial charge on any atom is -0.345 e. The van der Waals surface area contributed by atoms with E-state index in [1.807, 2.05) is 18.0 Å². The topological polar surface area (TPSA) is 32.3 Å². The molecule has 1 atom stereocenters. The molecule has 0 spiro atoms. The first-order valence-electron chi connectivity index (χ1n) is 8.18. The van der Waals surface area contributed by atoms with E-state index in [1.54, 1.807) is 0 Å². The third-order valence-electron chi connectivity index (χ3n) is 4.57. The number of aryl methyl sites for hydroxylation is 1. The van der Waals surface area contributed by atoms with Crippen LogP contribution in [0.4, 0.5) is 0 Å². The Morgan fingerprint density at radius 3 is 2.71 bits per heavy atom. The lowest BCUT2D eigenvalue weighted by Crippen LogP contribution is -2.44. The Labute approximate surface area is 128 Å². The van der Waals surface area contributed by atoms with Crippen molar-refractivity contribution in [3.8, 4) is 0 Å². The second-order valence-corrected chi connectivity index (χ2v) is 6.27. The minimum atomic E-state index is -0.143. The van der Waals surface area contributed by atoms with Crippen LogP contribution in [-0.2, 0) is 11.2 Å². The molecule has 0 bridgehead atoms. The Bertz CT molecular complexity index is 438. The maximum atomic E-state index is 12.8. The number of nitrogens with zero attached hydrogens (tertiary/aromatic N) is 1. The van der Waals surface area contributed by atoms with Crippen molar-refractivity contribution in [2.75, 3.05) is 26.7 Å². The van der Waals surface area contributed by atoms with E-state index in [2.05, 4.69) is 36.5 Å². The Balaban J connectivity index is 1.84. The number of benzene rings is 1. The van der Waals surface area contributed by atoms with Gasteiger partial charge in [0.15, 0.2) is 0 Å². The zero-order valence-electron chi connectivity index (χ0n) is 13.4. The van der Waals surface area contributed by atoms with Gasteiger partial charge in [-0.05, 0) is 37.8 Å². The van der Waals surface area contributed by atoms with Crippen molar-refractivity contribution >= 4 is 5.91 Å². The van der Waals surface area contributed by atoms with E-state index in [0.717, 1.165) is 51.7 Å².